The van der Waals surface area contributed by atoms with E-state index in [2.05, 4.69) is 25.6 Å². The third-order valence-electron chi connectivity index (χ3n) is 3.71. The second kappa shape index (κ2) is 7.07. The summed E-state index contributed by atoms with van der Waals surface area (Å²) in [5.41, 5.74) is 1.68. The lowest BCUT2D eigenvalue weighted by Crippen LogP contribution is -2.27. The van der Waals surface area contributed by atoms with Gasteiger partial charge in [0.15, 0.2) is 0 Å². The van der Waals surface area contributed by atoms with Crippen molar-refractivity contribution in [2.75, 3.05) is 0 Å². The lowest BCUT2D eigenvalue weighted by Gasteiger charge is -2.16. The Balaban J connectivity index is 1.81. The first-order chi connectivity index (χ1) is 11.9. The Bertz CT molecular complexity index is 974. The molecule has 0 fully saturated rings. The zero-order valence-corrected chi connectivity index (χ0v) is 15.6. The highest BCUT2D eigenvalue weighted by Gasteiger charge is 2.22. The second-order valence-electron chi connectivity index (χ2n) is 5.48. The van der Waals surface area contributed by atoms with E-state index in [1.54, 1.807) is 19.4 Å². The summed E-state index contributed by atoms with van der Waals surface area (Å²) in [5.74, 6) is -0.793. The van der Waals surface area contributed by atoms with E-state index in [1.165, 1.54) is 12.1 Å². The van der Waals surface area contributed by atoms with Crippen molar-refractivity contribution in [3.8, 4) is 5.69 Å². The van der Waals surface area contributed by atoms with Crippen molar-refractivity contribution in [2.45, 2.75) is 17.9 Å². The van der Waals surface area contributed by atoms with E-state index >= 15 is 0 Å². The molecule has 130 valence electrons. The molecule has 0 saturated heterocycles. The predicted molar refractivity (Wildman–Crippen MR) is 96.4 cm³/mol. The highest BCUT2D eigenvalue weighted by molar-refractivity contribution is 9.10. The largest absolute Gasteiger partial charge is 0.306 e. The van der Waals surface area contributed by atoms with Gasteiger partial charge in [0.2, 0.25) is 10.0 Å². The molecule has 0 bridgehead atoms. The molecule has 3 aromatic rings. The SMILES string of the molecule is CC(NS(=O)(=O)c1cc(Br)ccc1F)c1ccc(-n2ccnc2)cc1. The molecule has 0 saturated carbocycles. The first-order valence-electron chi connectivity index (χ1n) is 7.42. The van der Waals surface area contributed by atoms with E-state index < -0.39 is 21.9 Å². The fraction of sp³-hybridized carbons (Fsp3) is 0.118. The van der Waals surface area contributed by atoms with Gasteiger partial charge < -0.3 is 4.57 Å². The molecule has 0 aliphatic heterocycles. The number of nitrogens with zero attached hydrogens (tertiary/aromatic N) is 2. The Morgan fingerprint density at radius 3 is 2.56 bits per heavy atom. The quantitative estimate of drug-likeness (QED) is 0.678. The maximum Gasteiger partial charge on any atom is 0.244 e. The van der Waals surface area contributed by atoms with Gasteiger partial charge >= 0.3 is 0 Å². The molecular weight excluding hydrogens is 409 g/mol. The van der Waals surface area contributed by atoms with Crippen LogP contribution in [0.25, 0.3) is 5.69 Å². The molecule has 5 nitrogen and oxygen atoms in total. The van der Waals surface area contributed by atoms with Crippen LogP contribution in [0.5, 0.6) is 0 Å². The maximum atomic E-state index is 13.9. The number of nitrogens with one attached hydrogen (secondary N) is 1. The molecule has 1 unspecified atom stereocenters. The summed E-state index contributed by atoms with van der Waals surface area (Å²) in [6, 6.07) is 10.7. The summed E-state index contributed by atoms with van der Waals surface area (Å²) in [6.45, 7) is 1.71. The molecule has 0 spiro atoms. The summed E-state index contributed by atoms with van der Waals surface area (Å²) >= 11 is 3.16. The molecule has 1 heterocycles. The van der Waals surface area contributed by atoms with E-state index in [0.29, 0.717) is 4.47 Å². The third kappa shape index (κ3) is 3.97. The van der Waals surface area contributed by atoms with Crippen LogP contribution in [0.3, 0.4) is 0 Å². The van der Waals surface area contributed by atoms with Gasteiger partial charge in [-0.3, -0.25) is 0 Å². The van der Waals surface area contributed by atoms with Gasteiger partial charge in [-0.25, -0.2) is 22.5 Å². The van der Waals surface area contributed by atoms with E-state index in [-0.39, 0.29) is 4.90 Å². The van der Waals surface area contributed by atoms with Gasteiger partial charge in [0.05, 0.1) is 6.33 Å². The molecule has 0 radical (unpaired) electrons. The van der Waals surface area contributed by atoms with Crippen molar-refractivity contribution < 1.29 is 12.8 Å². The van der Waals surface area contributed by atoms with Gasteiger partial charge in [0.1, 0.15) is 10.7 Å². The smallest absolute Gasteiger partial charge is 0.244 e. The van der Waals surface area contributed by atoms with E-state index in [9.17, 15) is 12.8 Å². The molecule has 3 rings (SSSR count). The molecule has 25 heavy (non-hydrogen) atoms. The number of hydrogen-bond donors (Lipinski definition) is 1. The highest BCUT2D eigenvalue weighted by Crippen LogP contribution is 2.23. The normalized spacial score (nSPS) is 12.9. The summed E-state index contributed by atoms with van der Waals surface area (Å²) in [6.07, 6.45) is 5.17. The van der Waals surface area contributed by atoms with Crippen molar-refractivity contribution in [3.63, 3.8) is 0 Å². The predicted octanol–water partition coefficient (Wildman–Crippen LogP) is 3.81. The molecule has 1 aromatic heterocycles. The molecule has 1 atom stereocenters. The van der Waals surface area contributed by atoms with Crippen LogP contribution in [0.1, 0.15) is 18.5 Å². The van der Waals surface area contributed by atoms with Gasteiger partial charge in [-0.05, 0) is 42.8 Å². The Labute approximate surface area is 153 Å². The van der Waals surface area contributed by atoms with Crippen molar-refractivity contribution in [3.05, 3.63) is 77.0 Å². The topological polar surface area (TPSA) is 64.0 Å². The summed E-state index contributed by atoms with van der Waals surface area (Å²) < 4.78 is 43.6. The van der Waals surface area contributed by atoms with Crippen molar-refractivity contribution in [2.24, 2.45) is 0 Å². The van der Waals surface area contributed by atoms with Crippen molar-refractivity contribution in [1.29, 1.82) is 0 Å². The molecule has 2 aromatic carbocycles. The van der Waals surface area contributed by atoms with Crippen LogP contribution in [0, 0.1) is 5.82 Å². The number of halogens is 2. The van der Waals surface area contributed by atoms with E-state index in [0.717, 1.165) is 17.3 Å². The average molecular weight is 424 g/mol. The van der Waals surface area contributed by atoms with E-state index in [4.69, 9.17) is 0 Å². The number of rotatable bonds is 5. The van der Waals surface area contributed by atoms with Crippen LogP contribution in [-0.4, -0.2) is 18.0 Å². The minimum atomic E-state index is -3.98. The first kappa shape index (κ1) is 17.8. The molecule has 8 heteroatoms. The summed E-state index contributed by atoms with van der Waals surface area (Å²) in [4.78, 5) is 3.60. The lowest BCUT2D eigenvalue weighted by atomic mass is 10.1. The Morgan fingerprint density at radius 1 is 1.20 bits per heavy atom. The Morgan fingerprint density at radius 2 is 1.92 bits per heavy atom. The molecule has 0 aliphatic rings. The van der Waals surface area contributed by atoms with Gasteiger partial charge in [-0.15, -0.1) is 0 Å². The van der Waals surface area contributed by atoms with Crippen LogP contribution in [0.2, 0.25) is 0 Å². The molecule has 0 amide bonds. The number of aromatic nitrogens is 2. The van der Waals surface area contributed by atoms with Crippen LogP contribution in [-0.2, 0) is 10.0 Å². The molecular formula is C17H15BrFN3O2S. The van der Waals surface area contributed by atoms with Crippen LogP contribution >= 0.6 is 15.9 Å². The zero-order chi connectivity index (χ0) is 18.0. The summed E-state index contributed by atoms with van der Waals surface area (Å²) in [5, 5.41) is 0. The standard InChI is InChI=1S/C17H15BrFN3O2S/c1-12(13-2-5-15(6-3-13)22-9-8-20-11-22)21-25(23,24)17-10-14(18)4-7-16(17)19/h2-12,21H,1H3. The van der Waals surface area contributed by atoms with Crippen molar-refractivity contribution in [1.82, 2.24) is 14.3 Å². The number of imidazole rings is 1. The Hall–Kier alpha value is -2.03. The first-order valence-corrected chi connectivity index (χ1v) is 9.70. The van der Waals surface area contributed by atoms with Gasteiger partial charge in [0.25, 0.3) is 0 Å². The van der Waals surface area contributed by atoms with Crippen molar-refractivity contribution >= 4 is 26.0 Å². The Kier molecular flexibility index (Phi) is 5.03. The van der Waals surface area contributed by atoms with Crippen LogP contribution in [0.4, 0.5) is 4.39 Å². The number of hydrogen-bond acceptors (Lipinski definition) is 3. The van der Waals surface area contributed by atoms with Gasteiger partial charge in [-0.1, -0.05) is 28.1 Å². The average Bonchev–Trinajstić information content (AvgIpc) is 3.11. The van der Waals surface area contributed by atoms with E-state index in [1.807, 2.05) is 35.0 Å². The molecule has 1 N–H and O–H groups in total. The fourth-order valence-corrected chi connectivity index (χ4v) is 4.24. The second-order valence-corrected chi connectivity index (χ2v) is 8.08. The summed E-state index contributed by atoms with van der Waals surface area (Å²) in [7, 11) is -3.98. The van der Waals surface area contributed by atoms with Gasteiger partial charge in [-0.2, -0.15) is 0 Å². The highest BCUT2D eigenvalue weighted by atomic mass is 79.9. The monoisotopic (exact) mass is 423 g/mol. The number of sulfonamides is 1. The minimum absolute atomic E-state index is 0.385. The number of benzene rings is 2. The molecule has 0 aliphatic carbocycles. The fourth-order valence-electron chi connectivity index (χ4n) is 2.39. The van der Waals surface area contributed by atoms with Crippen LogP contribution in [0.15, 0.2) is 70.6 Å². The van der Waals surface area contributed by atoms with Crippen LogP contribution < -0.4 is 4.72 Å². The maximum absolute atomic E-state index is 13.9. The minimum Gasteiger partial charge on any atom is -0.306 e. The lowest BCUT2D eigenvalue weighted by molar-refractivity contribution is 0.546. The third-order valence-corrected chi connectivity index (χ3v) is 5.76. The zero-order valence-electron chi connectivity index (χ0n) is 13.2. The van der Waals surface area contributed by atoms with Gasteiger partial charge in [0, 0.05) is 28.6 Å².